The van der Waals surface area contributed by atoms with E-state index < -0.39 is 35.4 Å². The summed E-state index contributed by atoms with van der Waals surface area (Å²) in [6.45, 7) is 9.62. The average molecular weight is 469 g/mol. The van der Waals surface area contributed by atoms with Gasteiger partial charge in [-0.05, 0) is 62.3 Å². The second-order valence-corrected chi connectivity index (χ2v) is 10.7. The molecule has 0 aliphatic carbocycles. The van der Waals surface area contributed by atoms with Crippen molar-refractivity contribution in [3.8, 4) is 0 Å². The van der Waals surface area contributed by atoms with E-state index in [1.807, 2.05) is 45.0 Å². The molecule has 0 aliphatic rings. The number of allylic oxidation sites excluding steroid dienone is 1. The summed E-state index contributed by atoms with van der Waals surface area (Å²) in [4.78, 5) is -1.27. The molecular formula is C19H24N4O4S3. The first-order valence-electron chi connectivity index (χ1n) is 8.67. The monoisotopic (exact) mass is 468 g/mol. The minimum atomic E-state index is -4.42. The molecule has 0 saturated carbocycles. The Labute approximate surface area is 182 Å². The Bertz CT molecular complexity index is 1220. The van der Waals surface area contributed by atoms with Crippen LogP contribution in [0.15, 0.2) is 58.8 Å². The summed E-state index contributed by atoms with van der Waals surface area (Å²) in [5.74, 6) is 0. The lowest BCUT2D eigenvalue weighted by Gasteiger charge is -2.29. The normalized spacial score (nSPS) is 12.3. The van der Waals surface area contributed by atoms with Crippen molar-refractivity contribution in [3.05, 3.63) is 60.2 Å². The van der Waals surface area contributed by atoms with Crippen LogP contribution in [0.5, 0.6) is 0 Å². The molecule has 0 atom stereocenters. The molecule has 0 radical (unpaired) electrons. The number of thiocarbonyl (C=S) groups is 1. The molecule has 11 heteroatoms. The minimum absolute atomic E-state index is 0.0668. The lowest BCUT2D eigenvalue weighted by molar-refractivity contribution is 0.489. The first-order valence-corrected chi connectivity index (χ1v) is 12.2. The Hall–Kier alpha value is -2.31. The van der Waals surface area contributed by atoms with Crippen molar-refractivity contribution in [1.82, 2.24) is 5.32 Å². The molecule has 2 aromatic rings. The van der Waals surface area contributed by atoms with E-state index in [0.29, 0.717) is 0 Å². The van der Waals surface area contributed by atoms with Crippen LogP contribution < -0.4 is 20.9 Å². The molecule has 2 aromatic carbocycles. The van der Waals surface area contributed by atoms with Gasteiger partial charge in [0.1, 0.15) is 9.79 Å². The summed E-state index contributed by atoms with van der Waals surface area (Å²) >= 11 is 5.33. The summed E-state index contributed by atoms with van der Waals surface area (Å²) in [7, 11) is -8.76. The third kappa shape index (κ3) is 5.64. The van der Waals surface area contributed by atoms with Gasteiger partial charge >= 0.3 is 0 Å². The largest absolute Gasteiger partial charge is 0.353 e. The van der Waals surface area contributed by atoms with Crippen molar-refractivity contribution >= 4 is 48.6 Å². The topological polar surface area (TPSA) is 144 Å². The molecule has 0 aromatic heterocycles. The zero-order valence-electron chi connectivity index (χ0n) is 16.8. The second kappa shape index (κ2) is 8.44. The molecular weight excluding hydrogens is 444 g/mol. The molecule has 2 rings (SSSR count). The maximum absolute atomic E-state index is 12.1. The predicted molar refractivity (Wildman–Crippen MR) is 123 cm³/mol. The van der Waals surface area contributed by atoms with Crippen LogP contribution in [-0.4, -0.2) is 21.9 Å². The highest BCUT2D eigenvalue weighted by Crippen LogP contribution is 2.28. The van der Waals surface area contributed by atoms with E-state index >= 15 is 0 Å². The fourth-order valence-electron chi connectivity index (χ4n) is 2.81. The van der Waals surface area contributed by atoms with E-state index in [0.717, 1.165) is 22.8 Å². The van der Waals surface area contributed by atoms with Gasteiger partial charge in [-0.1, -0.05) is 36.4 Å². The summed E-state index contributed by atoms with van der Waals surface area (Å²) < 4.78 is 47.7. The van der Waals surface area contributed by atoms with E-state index in [-0.39, 0.29) is 10.8 Å². The molecule has 0 saturated heterocycles. The highest BCUT2D eigenvalue weighted by Gasteiger charge is 2.27. The van der Waals surface area contributed by atoms with Crippen molar-refractivity contribution in [1.29, 1.82) is 0 Å². The van der Waals surface area contributed by atoms with Crippen LogP contribution in [0.25, 0.3) is 5.57 Å². The average Bonchev–Trinajstić information content (AvgIpc) is 2.59. The van der Waals surface area contributed by atoms with E-state index in [4.69, 9.17) is 22.5 Å². The van der Waals surface area contributed by atoms with Crippen LogP contribution in [0.1, 0.15) is 31.9 Å². The number of rotatable bonds is 6. The number of hydrogen-bond donors (Lipinski definition) is 4. The van der Waals surface area contributed by atoms with E-state index in [1.54, 1.807) is 0 Å². The summed E-state index contributed by atoms with van der Waals surface area (Å²) in [5.41, 5.74) is 2.05. The summed E-state index contributed by atoms with van der Waals surface area (Å²) in [6, 6.07) is 11.5. The van der Waals surface area contributed by atoms with Crippen LogP contribution in [-0.2, 0) is 25.6 Å². The highest BCUT2D eigenvalue weighted by molar-refractivity contribution is 7.92. The predicted octanol–water partition coefficient (Wildman–Crippen LogP) is 2.24. The standard InChI is InChI=1S/C19H24N4O4S3/c1-12(2)13-7-5-8-14(11-13)19(3,4)23-18(28)22-15-9-6-10-16(29(20,24)25)17(15)30(21,26)27/h5-11H,1H2,2-4H3,(H2,20,24,25)(H2,21,26,27)(H2,22,23,28). The molecule has 0 fully saturated rings. The van der Waals surface area contributed by atoms with E-state index in [1.165, 1.54) is 12.1 Å². The first kappa shape index (κ1) is 24.0. The van der Waals surface area contributed by atoms with Gasteiger partial charge in [-0.3, -0.25) is 0 Å². The maximum atomic E-state index is 12.1. The van der Waals surface area contributed by atoms with Crippen LogP contribution in [0, 0.1) is 0 Å². The van der Waals surface area contributed by atoms with Gasteiger partial charge in [-0.15, -0.1) is 0 Å². The molecule has 0 bridgehead atoms. The molecule has 30 heavy (non-hydrogen) atoms. The van der Waals surface area contributed by atoms with Gasteiger partial charge in [-0.2, -0.15) is 0 Å². The number of benzene rings is 2. The van der Waals surface area contributed by atoms with Gasteiger partial charge in [0.2, 0.25) is 20.0 Å². The molecule has 6 N–H and O–H groups in total. The number of sulfonamides is 2. The zero-order valence-corrected chi connectivity index (χ0v) is 19.2. The smallest absolute Gasteiger partial charge is 0.241 e. The van der Waals surface area contributed by atoms with Crippen molar-refractivity contribution in [2.24, 2.45) is 10.3 Å². The Kier molecular flexibility index (Phi) is 6.74. The molecule has 0 aliphatic heterocycles. The fourth-order valence-corrected chi connectivity index (χ4v) is 5.29. The second-order valence-electron chi connectivity index (χ2n) is 7.29. The van der Waals surface area contributed by atoms with Gasteiger partial charge < -0.3 is 10.6 Å². The quantitative estimate of drug-likeness (QED) is 0.476. The number of nitrogens with one attached hydrogen (secondary N) is 2. The third-order valence-corrected chi connectivity index (χ3v) is 6.62. The number of hydrogen-bond acceptors (Lipinski definition) is 5. The number of primary sulfonamides is 2. The van der Waals surface area contributed by atoms with Crippen LogP contribution in [0.2, 0.25) is 0 Å². The van der Waals surface area contributed by atoms with Gasteiger partial charge in [0, 0.05) is 0 Å². The molecule has 0 amide bonds. The van der Waals surface area contributed by atoms with Gasteiger partial charge in [0.25, 0.3) is 0 Å². The van der Waals surface area contributed by atoms with E-state index in [2.05, 4.69) is 17.2 Å². The van der Waals surface area contributed by atoms with Gasteiger partial charge in [0.15, 0.2) is 5.11 Å². The SMILES string of the molecule is C=C(C)c1cccc(C(C)(C)NC(=S)Nc2cccc(S(N)(=O)=O)c2S(N)(=O)=O)c1. The minimum Gasteiger partial charge on any atom is -0.353 e. The molecule has 0 spiro atoms. The lowest BCUT2D eigenvalue weighted by atomic mass is 9.92. The molecule has 0 heterocycles. The maximum Gasteiger partial charge on any atom is 0.241 e. The number of anilines is 1. The zero-order chi connectivity index (χ0) is 22.9. The molecule has 8 nitrogen and oxygen atoms in total. The van der Waals surface area contributed by atoms with Gasteiger partial charge in [-0.25, -0.2) is 27.1 Å². The molecule has 162 valence electrons. The van der Waals surface area contributed by atoms with Gasteiger partial charge in [0.05, 0.1) is 11.2 Å². The molecule has 0 unspecified atom stereocenters. The van der Waals surface area contributed by atoms with Crippen molar-refractivity contribution < 1.29 is 16.8 Å². The third-order valence-electron chi connectivity index (χ3n) is 4.32. The van der Waals surface area contributed by atoms with Crippen molar-refractivity contribution in [3.63, 3.8) is 0 Å². The first-order chi connectivity index (χ1) is 13.6. The lowest BCUT2D eigenvalue weighted by Crippen LogP contribution is -2.43. The Morgan fingerprint density at radius 3 is 2.17 bits per heavy atom. The fraction of sp³-hybridized carbons (Fsp3) is 0.211. The number of nitrogens with two attached hydrogens (primary N) is 2. The van der Waals surface area contributed by atoms with Crippen molar-refractivity contribution in [2.45, 2.75) is 36.1 Å². The van der Waals surface area contributed by atoms with E-state index in [9.17, 15) is 16.8 Å². The Morgan fingerprint density at radius 1 is 1.03 bits per heavy atom. The van der Waals surface area contributed by atoms with Crippen molar-refractivity contribution in [2.75, 3.05) is 5.32 Å². The summed E-state index contributed by atoms with van der Waals surface area (Å²) in [6.07, 6.45) is 0. The Balaban J connectivity index is 2.39. The van der Waals surface area contributed by atoms with Crippen LogP contribution >= 0.6 is 12.2 Å². The highest BCUT2D eigenvalue weighted by atomic mass is 32.2. The summed E-state index contributed by atoms with van der Waals surface area (Å²) in [5, 5.41) is 16.3. The van der Waals surface area contributed by atoms with Crippen LogP contribution in [0.4, 0.5) is 5.69 Å². The van der Waals surface area contributed by atoms with Crippen LogP contribution in [0.3, 0.4) is 0 Å². The Morgan fingerprint density at radius 2 is 1.63 bits per heavy atom.